The number of ether oxygens (including phenoxy) is 2. The molecule has 0 aliphatic carbocycles. The van der Waals surface area contributed by atoms with E-state index in [-0.39, 0.29) is 23.1 Å². The van der Waals surface area contributed by atoms with Gasteiger partial charge >= 0.3 is 6.03 Å². The van der Waals surface area contributed by atoms with Gasteiger partial charge in [-0.15, -0.1) is 0 Å². The van der Waals surface area contributed by atoms with Crippen molar-refractivity contribution in [2.45, 2.75) is 0 Å². The number of anilines is 1. The van der Waals surface area contributed by atoms with E-state index in [1.807, 2.05) is 0 Å². The van der Waals surface area contributed by atoms with Gasteiger partial charge < -0.3 is 9.47 Å². The number of nitrogens with zero attached hydrogens (tertiary/aromatic N) is 1. The van der Waals surface area contributed by atoms with Gasteiger partial charge in [0.15, 0.2) is 11.5 Å². The highest BCUT2D eigenvalue weighted by Gasteiger charge is 2.37. The summed E-state index contributed by atoms with van der Waals surface area (Å²) in [4.78, 5) is 38.1. The molecule has 0 saturated carbocycles. The lowest BCUT2D eigenvalue weighted by atomic mass is 10.1. The molecule has 2 aromatic carbocycles. The summed E-state index contributed by atoms with van der Waals surface area (Å²) in [5, 5.41) is 2.85. The molecule has 2 heterocycles. The summed E-state index contributed by atoms with van der Waals surface area (Å²) in [7, 11) is 0. The van der Waals surface area contributed by atoms with E-state index in [0.29, 0.717) is 22.1 Å². The zero-order valence-corrected chi connectivity index (χ0v) is 15.0. The number of halogens is 2. The van der Waals surface area contributed by atoms with Crippen molar-refractivity contribution in [2.75, 3.05) is 11.7 Å². The summed E-state index contributed by atoms with van der Waals surface area (Å²) < 4.78 is 10.5. The molecule has 0 aromatic heterocycles. The van der Waals surface area contributed by atoms with Crippen LogP contribution in [0.1, 0.15) is 5.56 Å². The van der Waals surface area contributed by atoms with Gasteiger partial charge in [0.25, 0.3) is 11.8 Å². The number of rotatable bonds is 2. The number of carbonyl (C=O) groups is 3. The molecule has 136 valence electrons. The van der Waals surface area contributed by atoms with Gasteiger partial charge in [0.1, 0.15) is 5.57 Å². The van der Waals surface area contributed by atoms with E-state index >= 15 is 0 Å². The van der Waals surface area contributed by atoms with Crippen molar-refractivity contribution in [2.24, 2.45) is 0 Å². The van der Waals surface area contributed by atoms with Crippen molar-refractivity contribution in [3.63, 3.8) is 0 Å². The lowest BCUT2D eigenvalue weighted by molar-refractivity contribution is -0.122. The third kappa shape index (κ3) is 3.11. The first-order chi connectivity index (χ1) is 12.9. The molecule has 27 heavy (non-hydrogen) atoms. The summed E-state index contributed by atoms with van der Waals surface area (Å²) >= 11 is 12.0. The molecule has 0 spiro atoms. The van der Waals surface area contributed by atoms with E-state index in [1.54, 1.807) is 6.07 Å². The number of hydrogen-bond donors (Lipinski definition) is 1. The Bertz CT molecular complexity index is 1020. The molecule has 2 aliphatic heterocycles. The van der Waals surface area contributed by atoms with Gasteiger partial charge in [-0.25, -0.2) is 9.69 Å². The number of amides is 4. The van der Waals surface area contributed by atoms with Gasteiger partial charge in [-0.2, -0.15) is 0 Å². The predicted octanol–water partition coefficient (Wildman–Crippen LogP) is 3.39. The molecule has 9 heteroatoms. The van der Waals surface area contributed by atoms with Crippen molar-refractivity contribution in [1.29, 1.82) is 0 Å². The molecular formula is C18H10Cl2N2O5. The van der Waals surface area contributed by atoms with E-state index in [2.05, 4.69) is 5.32 Å². The fourth-order valence-corrected chi connectivity index (χ4v) is 3.02. The van der Waals surface area contributed by atoms with Crippen LogP contribution in [0.4, 0.5) is 10.5 Å². The Morgan fingerprint density at radius 1 is 1.00 bits per heavy atom. The average Bonchev–Trinajstić information content (AvgIpc) is 3.07. The number of imide groups is 2. The van der Waals surface area contributed by atoms with Crippen LogP contribution in [0.5, 0.6) is 11.5 Å². The third-order valence-corrected chi connectivity index (χ3v) is 4.56. The smallest absolute Gasteiger partial charge is 0.335 e. The number of urea groups is 1. The molecular weight excluding hydrogens is 395 g/mol. The van der Waals surface area contributed by atoms with E-state index in [9.17, 15) is 14.4 Å². The number of hydrogen-bond acceptors (Lipinski definition) is 5. The fraction of sp³-hybridized carbons (Fsp3) is 0.0556. The number of barbiturate groups is 1. The standard InChI is InChI=1S/C18H10Cl2N2O5/c19-10-1-3-11(4-2-10)22-17(24)12(16(23)21-18(22)25)5-9-6-14-15(7-13(9)20)27-8-26-14/h1-7H,8H2,(H,21,23,25)/b12-5+. The molecule has 7 nitrogen and oxygen atoms in total. The summed E-state index contributed by atoms with van der Waals surface area (Å²) in [5.74, 6) is -0.677. The van der Waals surface area contributed by atoms with Gasteiger partial charge in [-0.05, 0) is 42.0 Å². The number of benzene rings is 2. The molecule has 2 aliphatic rings. The largest absolute Gasteiger partial charge is 0.454 e. The van der Waals surface area contributed by atoms with Crippen LogP contribution < -0.4 is 19.7 Å². The maximum Gasteiger partial charge on any atom is 0.335 e. The van der Waals surface area contributed by atoms with Crippen molar-refractivity contribution >= 4 is 52.8 Å². The van der Waals surface area contributed by atoms with Crippen molar-refractivity contribution in [1.82, 2.24) is 5.32 Å². The molecule has 4 rings (SSSR count). The second-order valence-corrected chi connectivity index (χ2v) is 6.50. The highest BCUT2D eigenvalue weighted by atomic mass is 35.5. The monoisotopic (exact) mass is 404 g/mol. The highest BCUT2D eigenvalue weighted by Crippen LogP contribution is 2.38. The Balaban J connectivity index is 1.75. The van der Waals surface area contributed by atoms with E-state index in [4.69, 9.17) is 32.7 Å². The van der Waals surface area contributed by atoms with Gasteiger partial charge in [-0.3, -0.25) is 14.9 Å². The first-order valence-corrected chi connectivity index (χ1v) is 8.46. The van der Waals surface area contributed by atoms with Crippen molar-refractivity contribution in [3.05, 3.63) is 57.6 Å². The summed E-state index contributed by atoms with van der Waals surface area (Å²) in [5.41, 5.74) is 0.409. The lowest BCUT2D eigenvalue weighted by Gasteiger charge is -2.26. The zero-order chi connectivity index (χ0) is 19.1. The maximum absolute atomic E-state index is 12.8. The maximum atomic E-state index is 12.8. The van der Waals surface area contributed by atoms with Crippen LogP contribution in [-0.4, -0.2) is 24.6 Å². The molecule has 0 bridgehead atoms. The Kier molecular flexibility index (Phi) is 4.25. The van der Waals surface area contributed by atoms with Crippen LogP contribution in [0.2, 0.25) is 10.0 Å². The number of carbonyl (C=O) groups excluding carboxylic acids is 3. The highest BCUT2D eigenvalue weighted by molar-refractivity contribution is 6.40. The second-order valence-electron chi connectivity index (χ2n) is 5.66. The Hall–Kier alpha value is -3.03. The van der Waals surface area contributed by atoms with Crippen molar-refractivity contribution in [3.8, 4) is 11.5 Å². The Labute approximate surface area is 163 Å². The van der Waals surface area contributed by atoms with Gasteiger partial charge in [-0.1, -0.05) is 23.2 Å². The molecule has 2 aromatic rings. The SMILES string of the molecule is O=C1NC(=O)N(c2ccc(Cl)cc2)C(=O)/C1=C/c1cc2c(cc1Cl)OCO2. The first kappa shape index (κ1) is 17.4. The third-order valence-electron chi connectivity index (χ3n) is 3.98. The minimum Gasteiger partial charge on any atom is -0.454 e. The minimum absolute atomic E-state index is 0.0595. The van der Waals surface area contributed by atoms with Crippen LogP contribution in [0.25, 0.3) is 6.08 Å². The summed E-state index contributed by atoms with van der Waals surface area (Å²) in [6.45, 7) is 0.0595. The number of nitrogens with one attached hydrogen (secondary N) is 1. The predicted molar refractivity (Wildman–Crippen MR) is 98.0 cm³/mol. The average molecular weight is 405 g/mol. The van der Waals surface area contributed by atoms with Crippen LogP contribution in [0, 0.1) is 0 Å². The van der Waals surface area contributed by atoms with Crippen LogP contribution in [-0.2, 0) is 9.59 Å². The zero-order valence-electron chi connectivity index (χ0n) is 13.5. The molecule has 0 atom stereocenters. The Morgan fingerprint density at radius 2 is 1.67 bits per heavy atom. The van der Waals surface area contributed by atoms with Crippen LogP contribution >= 0.6 is 23.2 Å². The van der Waals surface area contributed by atoms with E-state index in [1.165, 1.54) is 36.4 Å². The molecule has 0 radical (unpaired) electrons. The molecule has 1 fully saturated rings. The Morgan fingerprint density at radius 3 is 2.37 bits per heavy atom. The quantitative estimate of drug-likeness (QED) is 0.612. The van der Waals surface area contributed by atoms with Gasteiger partial charge in [0.2, 0.25) is 6.79 Å². The summed E-state index contributed by atoms with van der Waals surface area (Å²) in [6, 6.07) is 8.31. The molecule has 4 amide bonds. The molecule has 1 N–H and O–H groups in total. The van der Waals surface area contributed by atoms with E-state index in [0.717, 1.165) is 4.90 Å². The van der Waals surface area contributed by atoms with Gasteiger partial charge in [0.05, 0.1) is 10.7 Å². The minimum atomic E-state index is -0.846. The van der Waals surface area contributed by atoms with Crippen LogP contribution in [0.3, 0.4) is 0 Å². The fourth-order valence-electron chi connectivity index (χ4n) is 2.68. The first-order valence-electron chi connectivity index (χ1n) is 7.70. The molecule has 0 unspecified atom stereocenters. The lowest BCUT2D eigenvalue weighted by Crippen LogP contribution is -2.54. The normalized spacial score (nSPS) is 17.5. The van der Waals surface area contributed by atoms with Crippen molar-refractivity contribution < 1.29 is 23.9 Å². The molecule has 1 saturated heterocycles. The van der Waals surface area contributed by atoms with E-state index < -0.39 is 17.8 Å². The summed E-state index contributed by atoms with van der Waals surface area (Å²) in [6.07, 6.45) is 1.30. The second kappa shape index (κ2) is 6.61. The van der Waals surface area contributed by atoms with Crippen LogP contribution in [0.15, 0.2) is 42.0 Å². The van der Waals surface area contributed by atoms with Gasteiger partial charge in [0, 0.05) is 11.1 Å². The number of fused-ring (bicyclic) bond motifs is 1. The topological polar surface area (TPSA) is 84.9 Å².